The number of nitrogens with two attached hydrogens (primary N) is 1. The molecule has 0 fully saturated rings. The Morgan fingerprint density at radius 3 is 2.31 bits per heavy atom. The van der Waals surface area contributed by atoms with Crippen molar-refractivity contribution in [2.75, 3.05) is 0 Å². The Bertz CT molecular complexity index is 398. The molecular formula is C7H11NO4S. The minimum Gasteiger partial charge on any atom is -0.451 e. The molecule has 0 saturated heterocycles. The minimum atomic E-state index is -3.82. The van der Waals surface area contributed by atoms with Gasteiger partial charge in [-0.1, -0.05) is 0 Å². The third-order valence-electron chi connectivity index (χ3n) is 1.56. The summed E-state index contributed by atoms with van der Waals surface area (Å²) in [6, 6.07) is 1.20. The van der Waals surface area contributed by atoms with Crippen molar-refractivity contribution in [1.82, 2.24) is 0 Å². The largest absolute Gasteiger partial charge is 0.451 e. The van der Waals surface area contributed by atoms with Crippen LogP contribution in [0.5, 0.6) is 0 Å². The van der Waals surface area contributed by atoms with Crippen LogP contribution in [0.3, 0.4) is 0 Å². The maximum absolute atomic E-state index is 10.8. The molecule has 6 heteroatoms. The molecule has 0 unspecified atom stereocenters. The summed E-state index contributed by atoms with van der Waals surface area (Å²) in [6.45, 7) is 3.04. The lowest BCUT2D eigenvalue weighted by molar-refractivity contribution is 0.0779. The number of aliphatic hydroxyl groups is 1. The topological polar surface area (TPSA) is 93.5 Å². The second-order valence-corrected chi connectivity index (χ2v) is 4.75. The van der Waals surface area contributed by atoms with E-state index in [0.29, 0.717) is 5.56 Å². The zero-order valence-corrected chi connectivity index (χ0v) is 8.13. The monoisotopic (exact) mass is 205 g/mol. The van der Waals surface area contributed by atoms with Crippen LogP contribution >= 0.6 is 0 Å². The Kier molecular flexibility index (Phi) is 2.23. The molecule has 0 radical (unpaired) electrons. The van der Waals surface area contributed by atoms with Crippen LogP contribution in [0.2, 0.25) is 0 Å². The molecule has 74 valence electrons. The Morgan fingerprint density at radius 1 is 1.54 bits per heavy atom. The molecule has 1 rings (SSSR count). The third kappa shape index (κ3) is 2.30. The molecule has 0 aliphatic rings. The van der Waals surface area contributed by atoms with E-state index in [1.165, 1.54) is 26.2 Å². The van der Waals surface area contributed by atoms with Gasteiger partial charge in [-0.05, 0) is 13.8 Å². The first-order valence-electron chi connectivity index (χ1n) is 3.55. The standard InChI is InChI=1S/C7H11NO4S/c1-7(2,9)5-3-6(12-4-5)13(8,10)11/h3-4,9H,1-2H3,(H2,8,10,11). The molecular weight excluding hydrogens is 194 g/mol. The summed E-state index contributed by atoms with van der Waals surface area (Å²) in [6.07, 6.45) is 1.17. The first-order valence-corrected chi connectivity index (χ1v) is 5.10. The van der Waals surface area contributed by atoms with Gasteiger partial charge in [0, 0.05) is 11.6 Å². The number of rotatable bonds is 2. The zero-order valence-electron chi connectivity index (χ0n) is 7.31. The van der Waals surface area contributed by atoms with E-state index in [-0.39, 0.29) is 5.09 Å². The second-order valence-electron chi connectivity index (χ2n) is 3.26. The maximum Gasteiger partial charge on any atom is 0.271 e. The molecule has 0 bridgehead atoms. The van der Waals surface area contributed by atoms with Crippen LogP contribution < -0.4 is 5.14 Å². The zero-order chi connectivity index (χ0) is 10.3. The van der Waals surface area contributed by atoms with Crippen molar-refractivity contribution >= 4 is 10.0 Å². The maximum atomic E-state index is 10.8. The van der Waals surface area contributed by atoms with Gasteiger partial charge in [-0.15, -0.1) is 0 Å². The van der Waals surface area contributed by atoms with Crippen molar-refractivity contribution in [1.29, 1.82) is 0 Å². The number of sulfonamides is 1. The Balaban J connectivity index is 3.16. The predicted octanol–water partition coefficient (Wildman–Crippen LogP) is 0.154. The van der Waals surface area contributed by atoms with Gasteiger partial charge in [-0.25, -0.2) is 13.6 Å². The molecule has 1 aromatic rings. The van der Waals surface area contributed by atoms with Crippen molar-refractivity contribution in [3.8, 4) is 0 Å². The highest BCUT2D eigenvalue weighted by atomic mass is 32.2. The fraction of sp³-hybridized carbons (Fsp3) is 0.429. The Hall–Kier alpha value is -0.850. The highest BCUT2D eigenvalue weighted by Crippen LogP contribution is 2.23. The van der Waals surface area contributed by atoms with E-state index in [0.717, 1.165) is 0 Å². The highest BCUT2D eigenvalue weighted by molar-refractivity contribution is 7.89. The van der Waals surface area contributed by atoms with E-state index in [4.69, 9.17) is 5.14 Å². The lowest BCUT2D eigenvalue weighted by Crippen LogP contribution is -2.15. The minimum absolute atomic E-state index is 0.343. The van der Waals surface area contributed by atoms with Crippen molar-refractivity contribution < 1.29 is 17.9 Å². The van der Waals surface area contributed by atoms with Gasteiger partial charge in [0.25, 0.3) is 10.0 Å². The van der Waals surface area contributed by atoms with Gasteiger partial charge in [-0.2, -0.15) is 0 Å². The van der Waals surface area contributed by atoms with Gasteiger partial charge >= 0.3 is 0 Å². The summed E-state index contributed by atoms with van der Waals surface area (Å²) < 4.78 is 26.2. The third-order valence-corrected chi connectivity index (χ3v) is 2.34. The molecule has 3 N–H and O–H groups in total. The number of hydrogen-bond acceptors (Lipinski definition) is 4. The van der Waals surface area contributed by atoms with E-state index in [2.05, 4.69) is 4.42 Å². The van der Waals surface area contributed by atoms with Crippen LogP contribution in [-0.2, 0) is 15.6 Å². The van der Waals surface area contributed by atoms with E-state index >= 15 is 0 Å². The van der Waals surface area contributed by atoms with E-state index in [1.54, 1.807) is 0 Å². The molecule has 13 heavy (non-hydrogen) atoms. The average molecular weight is 205 g/mol. The highest BCUT2D eigenvalue weighted by Gasteiger charge is 2.22. The fourth-order valence-corrected chi connectivity index (χ4v) is 1.26. The molecule has 1 aromatic heterocycles. The van der Waals surface area contributed by atoms with E-state index < -0.39 is 15.6 Å². The van der Waals surface area contributed by atoms with Crippen molar-refractivity contribution in [3.05, 3.63) is 17.9 Å². The normalized spacial score (nSPS) is 13.2. The van der Waals surface area contributed by atoms with Gasteiger partial charge in [0.1, 0.15) is 0 Å². The molecule has 0 aliphatic carbocycles. The molecule has 0 aromatic carbocycles. The van der Waals surface area contributed by atoms with Crippen molar-refractivity contribution in [2.24, 2.45) is 5.14 Å². The van der Waals surface area contributed by atoms with Crippen molar-refractivity contribution in [2.45, 2.75) is 24.5 Å². The average Bonchev–Trinajstić information content (AvgIpc) is 2.28. The van der Waals surface area contributed by atoms with Crippen LogP contribution in [0.4, 0.5) is 0 Å². The molecule has 0 atom stereocenters. The SMILES string of the molecule is CC(C)(O)c1coc(S(N)(=O)=O)c1. The summed E-state index contributed by atoms with van der Waals surface area (Å²) in [4.78, 5) is 0. The van der Waals surface area contributed by atoms with Gasteiger partial charge in [0.15, 0.2) is 0 Å². The lowest BCUT2D eigenvalue weighted by atomic mass is 10.0. The lowest BCUT2D eigenvalue weighted by Gasteiger charge is -2.13. The molecule has 1 heterocycles. The van der Waals surface area contributed by atoms with Crippen LogP contribution in [0.1, 0.15) is 19.4 Å². The van der Waals surface area contributed by atoms with Gasteiger partial charge < -0.3 is 9.52 Å². The van der Waals surface area contributed by atoms with Crippen LogP contribution in [0.25, 0.3) is 0 Å². The van der Waals surface area contributed by atoms with Gasteiger partial charge in [0.2, 0.25) is 5.09 Å². The van der Waals surface area contributed by atoms with Crippen LogP contribution in [0.15, 0.2) is 21.8 Å². The fourth-order valence-electron chi connectivity index (χ4n) is 0.787. The van der Waals surface area contributed by atoms with E-state index in [9.17, 15) is 13.5 Å². The predicted molar refractivity (Wildman–Crippen MR) is 45.3 cm³/mol. The number of furan rings is 1. The van der Waals surface area contributed by atoms with Gasteiger partial charge in [0.05, 0.1) is 11.9 Å². The van der Waals surface area contributed by atoms with Crippen LogP contribution in [-0.4, -0.2) is 13.5 Å². The van der Waals surface area contributed by atoms with Gasteiger partial charge in [-0.3, -0.25) is 0 Å². The summed E-state index contributed by atoms with van der Waals surface area (Å²) in [7, 11) is -3.82. The quantitative estimate of drug-likeness (QED) is 0.718. The number of primary sulfonamides is 1. The summed E-state index contributed by atoms with van der Waals surface area (Å²) in [5.41, 5.74) is -0.761. The molecule has 5 nitrogen and oxygen atoms in total. The smallest absolute Gasteiger partial charge is 0.271 e. The first kappa shape index (κ1) is 10.2. The van der Waals surface area contributed by atoms with E-state index in [1.807, 2.05) is 0 Å². The molecule has 0 aliphatic heterocycles. The summed E-state index contributed by atoms with van der Waals surface area (Å²) >= 11 is 0. The summed E-state index contributed by atoms with van der Waals surface area (Å²) in [5.74, 6) is 0. The molecule has 0 amide bonds. The Morgan fingerprint density at radius 2 is 2.08 bits per heavy atom. The summed E-state index contributed by atoms with van der Waals surface area (Å²) in [5, 5.41) is 13.9. The number of hydrogen-bond donors (Lipinski definition) is 2. The first-order chi connectivity index (χ1) is 5.71. The van der Waals surface area contributed by atoms with Crippen LogP contribution in [0, 0.1) is 0 Å². The second kappa shape index (κ2) is 2.83. The van der Waals surface area contributed by atoms with Crippen molar-refractivity contribution in [3.63, 3.8) is 0 Å². The Labute approximate surface area is 76.2 Å². The molecule has 0 spiro atoms. The molecule has 0 saturated carbocycles.